The molecule has 0 aliphatic rings. The molecule has 0 atom stereocenters. The molecule has 2 amide bonds. The largest absolute Gasteiger partial charge is 0.497 e. The van der Waals surface area contributed by atoms with E-state index in [1.54, 1.807) is 60.5 Å². The lowest BCUT2D eigenvalue weighted by Gasteiger charge is -2.19. The fourth-order valence-electron chi connectivity index (χ4n) is 2.58. The Balaban J connectivity index is 1.87. The van der Waals surface area contributed by atoms with Crippen LogP contribution in [-0.2, 0) is 9.59 Å². The van der Waals surface area contributed by atoms with E-state index in [2.05, 4.69) is 10.6 Å². The number of nitrogens with one attached hydrogen (secondary N) is 2. The maximum absolute atomic E-state index is 12.3. The zero-order valence-electron chi connectivity index (χ0n) is 16.3. The summed E-state index contributed by atoms with van der Waals surface area (Å²) in [5, 5.41) is 5.57. The Hall–Kier alpha value is -3.19. The molecule has 0 fully saturated rings. The summed E-state index contributed by atoms with van der Waals surface area (Å²) in [7, 11) is 1.56. The Labute approximate surface area is 164 Å². The van der Waals surface area contributed by atoms with Gasteiger partial charge in [0.05, 0.1) is 20.2 Å². The van der Waals surface area contributed by atoms with Crippen molar-refractivity contribution in [2.45, 2.75) is 13.8 Å². The summed E-state index contributed by atoms with van der Waals surface area (Å²) in [6.45, 7) is 4.08. The second-order valence-electron chi connectivity index (χ2n) is 6.27. The molecule has 0 bridgehead atoms. The lowest BCUT2D eigenvalue weighted by Crippen LogP contribution is -2.38. The van der Waals surface area contributed by atoms with Crippen LogP contribution in [0.5, 0.6) is 5.75 Å². The maximum atomic E-state index is 12.3. The van der Waals surface area contributed by atoms with Gasteiger partial charge in [-0.3, -0.25) is 19.3 Å². The lowest BCUT2D eigenvalue weighted by atomic mass is 10.1. The van der Waals surface area contributed by atoms with Crippen molar-refractivity contribution < 1.29 is 19.1 Å². The van der Waals surface area contributed by atoms with E-state index in [1.807, 2.05) is 6.92 Å². The molecule has 0 spiro atoms. The van der Waals surface area contributed by atoms with Crippen LogP contribution in [0.15, 0.2) is 48.5 Å². The van der Waals surface area contributed by atoms with E-state index in [4.69, 9.17) is 4.74 Å². The minimum absolute atomic E-state index is 0.0305. The number of anilines is 2. The second kappa shape index (κ2) is 10.2. The highest BCUT2D eigenvalue weighted by Crippen LogP contribution is 2.16. The van der Waals surface area contributed by atoms with Crippen molar-refractivity contribution in [2.75, 3.05) is 37.4 Å². The smallest absolute Gasteiger partial charge is 0.238 e. The van der Waals surface area contributed by atoms with Crippen LogP contribution >= 0.6 is 0 Å². The van der Waals surface area contributed by atoms with Gasteiger partial charge in [0.25, 0.3) is 0 Å². The van der Waals surface area contributed by atoms with Gasteiger partial charge >= 0.3 is 0 Å². The van der Waals surface area contributed by atoms with E-state index < -0.39 is 0 Å². The Morgan fingerprint density at radius 1 is 0.929 bits per heavy atom. The molecule has 0 aromatic heterocycles. The van der Waals surface area contributed by atoms with Gasteiger partial charge < -0.3 is 15.4 Å². The van der Waals surface area contributed by atoms with Crippen LogP contribution in [0.2, 0.25) is 0 Å². The van der Waals surface area contributed by atoms with Crippen LogP contribution in [0.4, 0.5) is 11.4 Å². The predicted molar refractivity (Wildman–Crippen MR) is 109 cm³/mol. The summed E-state index contributed by atoms with van der Waals surface area (Å²) in [5.74, 6) is 0.178. The number of ketones is 1. The first-order valence-electron chi connectivity index (χ1n) is 8.98. The van der Waals surface area contributed by atoms with Crippen LogP contribution in [-0.4, -0.2) is 49.2 Å². The number of hydrogen-bond acceptors (Lipinski definition) is 5. The van der Waals surface area contributed by atoms with Gasteiger partial charge in [-0.1, -0.05) is 13.0 Å². The Kier molecular flexibility index (Phi) is 7.71. The van der Waals surface area contributed by atoms with Crippen molar-refractivity contribution in [3.8, 4) is 5.75 Å². The summed E-state index contributed by atoms with van der Waals surface area (Å²) in [6.07, 6.45) is 0. The van der Waals surface area contributed by atoms with Gasteiger partial charge in [0, 0.05) is 23.0 Å². The standard InChI is InChI=1S/C21H25N3O4/c1-4-24(14-21(27)23-18-6-5-7-19(12-18)28-3)13-20(26)22-17-10-8-16(9-11-17)15(2)25/h5-12H,4,13-14H2,1-3H3,(H,22,26)(H,23,27). The van der Waals surface area contributed by atoms with Gasteiger partial charge in [-0.2, -0.15) is 0 Å². The zero-order valence-corrected chi connectivity index (χ0v) is 16.3. The Morgan fingerprint density at radius 3 is 2.07 bits per heavy atom. The number of likely N-dealkylation sites (N-methyl/N-ethyl adjacent to an activating group) is 1. The third-order valence-electron chi connectivity index (χ3n) is 4.11. The number of methoxy groups -OCH3 is 1. The molecular weight excluding hydrogens is 358 g/mol. The highest BCUT2D eigenvalue weighted by Gasteiger charge is 2.14. The van der Waals surface area contributed by atoms with Gasteiger partial charge in [-0.15, -0.1) is 0 Å². The van der Waals surface area contributed by atoms with E-state index >= 15 is 0 Å². The first-order chi connectivity index (χ1) is 13.4. The van der Waals surface area contributed by atoms with E-state index in [0.29, 0.717) is 29.2 Å². The molecule has 0 saturated carbocycles. The fourth-order valence-corrected chi connectivity index (χ4v) is 2.58. The molecule has 2 N–H and O–H groups in total. The van der Waals surface area contributed by atoms with Crippen molar-refractivity contribution in [1.82, 2.24) is 4.90 Å². The fraction of sp³-hybridized carbons (Fsp3) is 0.286. The van der Waals surface area contributed by atoms with Gasteiger partial charge in [0.2, 0.25) is 11.8 Å². The van der Waals surface area contributed by atoms with Crippen LogP contribution < -0.4 is 15.4 Å². The van der Waals surface area contributed by atoms with Gasteiger partial charge in [-0.05, 0) is 49.9 Å². The molecule has 7 nitrogen and oxygen atoms in total. The van der Waals surface area contributed by atoms with Crippen molar-refractivity contribution in [3.63, 3.8) is 0 Å². The minimum Gasteiger partial charge on any atom is -0.497 e. The predicted octanol–water partition coefficient (Wildman–Crippen LogP) is 2.80. The minimum atomic E-state index is -0.230. The number of Topliss-reactive ketones (excluding diaryl/α,β-unsaturated/α-hetero) is 1. The summed E-state index contributed by atoms with van der Waals surface area (Å²) in [5.41, 5.74) is 1.82. The first kappa shape index (κ1) is 21.1. The molecule has 0 radical (unpaired) electrons. The molecule has 0 aliphatic carbocycles. The third kappa shape index (κ3) is 6.51. The monoisotopic (exact) mass is 383 g/mol. The summed E-state index contributed by atoms with van der Waals surface area (Å²) in [4.78, 5) is 37.5. The second-order valence-corrected chi connectivity index (χ2v) is 6.27. The highest BCUT2D eigenvalue weighted by molar-refractivity contribution is 5.96. The summed E-state index contributed by atoms with van der Waals surface area (Å²) >= 11 is 0. The Morgan fingerprint density at radius 2 is 1.54 bits per heavy atom. The molecule has 0 unspecified atom stereocenters. The number of rotatable bonds is 9. The van der Waals surface area contributed by atoms with Crippen molar-refractivity contribution in [3.05, 3.63) is 54.1 Å². The number of carbonyl (C=O) groups excluding carboxylic acids is 3. The summed E-state index contributed by atoms with van der Waals surface area (Å²) < 4.78 is 5.13. The van der Waals surface area contributed by atoms with Crippen LogP contribution in [0, 0.1) is 0 Å². The number of amides is 2. The van der Waals surface area contributed by atoms with E-state index in [9.17, 15) is 14.4 Å². The number of hydrogen-bond donors (Lipinski definition) is 2. The van der Waals surface area contributed by atoms with Crippen LogP contribution in [0.3, 0.4) is 0 Å². The highest BCUT2D eigenvalue weighted by atomic mass is 16.5. The number of ether oxygens (including phenoxy) is 1. The molecule has 0 heterocycles. The topological polar surface area (TPSA) is 87.7 Å². The maximum Gasteiger partial charge on any atom is 0.238 e. The van der Waals surface area contributed by atoms with E-state index in [1.165, 1.54) is 6.92 Å². The normalized spacial score (nSPS) is 10.4. The number of carbonyl (C=O) groups is 3. The van der Waals surface area contributed by atoms with E-state index in [-0.39, 0.29) is 30.7 Å². The molecular formula is C21H25N3O4. The molecule has 2 rings (SSSR count). The van der Waals surface area contributed by atoms with Gasteiger partial charge in [0.15, 0.2) is 5.78 Å². The molecule has 2 aromatic rings. The number of benzene rings is 2. The van der Waals surface area contributed by atoms with Crippen molar-refractivity contribution in [2.24, 2.45) is 0 Å². The van der Waals surface area contributed by atoms with Crippen molar-refractivity contribution in [1.29, 1.82) is 0 Å². The molecule has 7 heteroatoms. The average molecular weight is 383 g/mol. The SMILES string of the molecule is CCN(CC(=O)Nc1ccc(C(C)=O)cc1)CC(=O)Nc1cccc(OC)c1. The molecule has 28 heavy (non-hydrogen) atoms. The van der Waals surface area contributed by atoms with Gasteiger partial charge in [0.1, 0.15) is 5.75 Å². The van der Waals surface area contributed by atoms with Crippen molar-refractivity contribution >= 4 is 29.0 Å². The van der Waals surface area contributed by atoms with Crippen LogP contribution in [0.25, 0.3) is 0 Å². The van der Waals surface area contributed by atoms with Crippen LogP contribution in [0.1, 0.15) is 24.2 Å². The summed E-state index contributed by atoms with van der Waals surface area (Å²) in [6, 6.07) is 13.8. The molecule has 0 aliphatic heterocycles. The third-order valence-corrected chi connectivity index (χ3v) is 4.11. The molecule has 0 saturated heterocycles. The Bertz CT molecular complexity index is 834. The lowest BCUT2D eigenvalue weighted by molar-refractivity contribution is -0.119. The first-order valence-corrected chi connectivity index (χ1v) is 8.98. The molecule has 148 valence electrons. The quantitative estimate of drug-likeness (QED) is 0.650. The van der Waals surface area contributed by atoms with Gasteiger partial charge in [-0.25, -0.2) is 0 Å². The zero-order chi connectivity index (χ0) is 20.5. The average Bonchev–Trinajstić information content (AvgIpc) is 2.67. The molecule has 2 aromatic carbocycles. The number of nitrogens with zero attached hydrogens (tertiary/aromatic N) is 1. The van der Waals surface area contributed by atoms with E-state index in [0.717, 1.165) is 0 Å².